The van der Waals surface area contributed by atoms with Crippen molar-refractivity contribution in [2.24, 2.45) is 5.92 Å². The Bertz CT molecular complexity index is 1660. The molecule has 0 radical (unpaired) electrons. The topological polar surface area (TPSA) is 119 Å². The number of para-hydroxylation sites is 1. The molecule has 1 saturated heterocycles. The summed E-state index contributed by atoms with van der Waals surface area (Å²) < 4.78 is 23.2. The molecule has 0 aliphatic carbocycles. The molecule has 3 aliphatic rings. The zero-order valence-electron chi connectivity index (χ0n) is 26.4. The maximum Gasteiger partial charge on any atom is 0.268 e. The summed E-state index contributed by atoms with van der Waals surface area (Å²) in [6.07, 6.45) is -1.80. The van der Waals surface area contributed by atoms with Gasteiger partial charge in [0.15, 0.2) is 5.60 Å². The summed E-state index contributed by atoms with van der Waals surface area (Å²) in [5.74, 6) is -1.93. The first-order valence-electron chi connectivity index (χ1n) is 15.7. The number of halogens is 1. The molecule has 3 aliphatic heterocycles. The molecule has 3 amide bonds. The highest BCUT2D eigenvalue weighted by Gasteiger charge is 2.67. The Kier molecular flexibility index (Phi) is 8.39. The van der Waals surface area contributed by atoms with Gasteiger partial charge >= 0.3 is 0 Å². The van der Waals surface area contributed by atoms with Gasteiger partial charge in [-0.05, 0) is 67.9 Å². The molecule has 0 saturated carbocycles. The number of hydrogen-bond donors (Lipinski definition) is 3. The first-order chi connectivity index (χ1) is 21.9. The summed E-state index contributed by atoms with van der Waals surface area (Å²) in [5, 5.41) is 22.7. The van der Waals surface area contributed by atoms with Gasteiger partial charge in [-0.2, -0.15) is 0 Å². The van der Waals surface area contributed by atoms with Crippen molar-refractivity contribution in [1.82, 2.24) is 4.90 Å². The van der Waals surface area contributed by atoms with Crippen LogP contribution in [0.1, 0.15) is 37.0 Å². The fourth-order valence-corrected chi connectivity index (χ4v) is 10.2. The van der Waals surface area contributed by atoms with E-state index >= 15 is 4.11 Å². The van der Waals surface area contributed by atoms with Crippen molar-refractivity contribution >= 4 is 43.2 Å². The fraction of sp³-hybridized carbons (Fsp3) is 0.400. The van der Waals surface area contributed by atoms with Crippen molar-refractivity contribution in [2.75, 3.05) is 16.8 Å². The summed E-state index contributed by atoms with van der Waals surface area (Å²) in [4.78, 5) is 44.4. The molecule has 3 heterocycles. The van der Waals surface area contributed by atoms with Crippen molar-refractivity contribution in [1.29, 1.82) is 0 Å². The molecule has 0 unspecified atom stereocenters. The first-order valence-corrected chi connectivity index (χ1v) is 18.7. The van der Waals surface area contributed by atoms with Crippen LogP contribution in [-0.4, -0.2) is 66.1 Å². The summed E-state index contributed by atoms with van der Waals surface area (Å²) in [6, 6.07) is 21.5. The third-order valence-electron chi connectivity index (χ3n) is 9.79. The minimum absolute atomic E-state index is 0.151. The van der Waals surface area contributed by atoms with E-state index in [4.69, 9.17) is 4.74 Å². The number of hydrogen-bond acceptors (Lipinski definition) is 6. The minimum Gasteiger partial charge on any atom is -0.394 e. The van der Waals surface area contributed by atoms with Gasteiger partial charge in [0.05, 0.1) is 30.9 Å². The highest BCUT2D eigenvalue weighted by molar-refractivity contribution is 6.72. The molecule has 1 fully saturated rings. The predicted molar refractivity (Wildman–Crippen MR) is 175 cm³/mol. The van der Waals surface area contributed by atoms with Crippen LogP contribution in [0.3, 0.4) is 0 Å². The Morgan fingerprint density at radius 2 is 1.76 bits per heavy atom. The van der Waals surface area contributed by atoms with Crippen LogP contribution in [0.15, 0.2) is 72.8 Å². The lowest BCUT2D eigenvalue weighted by Crippen LogP contribution is -2.48. The number of anilines is 3. The molecule has 0 aromatic heterocycles. The fourth-order valence-electron chi connectivity index (χ4n) is 7.66. The molecular formula is C35H40FN3O6Si. The molecular weight excluding hydrogens is 605 g/mol. The number of aliphatic hydroxyl groups excluding tert-OH is 2. The van der Waals surface area contributed by atoms with E-state index in [1.165, 1.54) is 6.92 Å². The quantitative estimate of drug-likeness (QED) is 0.251. The lowest BCUT2D eigenvalue weighted by Gasteiger charge is -2.37. The maximum absolute atomic E-state index is 16.4. The molecule has 1 spiro atoms. The monoisotopic (exact) mass is 645 g/mol. The van der Waals surface area contributed by atoms with Crippen LogP contribution < -0.4 is 10.2 Å². The van der Waals surface area contributed by atoms with Crippen molar-refractivity contribution in [3.05, 3.63) is 89.5 Å². The molecule has 3 N–H and O–H groups in total. The van der Waals surface area contributed by atoms with Crippen LogP contribution in [0.25, 0.3) is 0 Å². The number of benzene rings is 3. The summed E-state index contributed by atoms with van der Waals surface area (Å²) in [7, 11) is -3.57. The van der Waals surface area contributed by atoms with E-state index < -0.39 is 55.5 Å². The number of nitrogens with zero attached hydrogens (tertiary/aromatic N) is 2. The maximum atomic E-state index is 16.4. The number of aliphatic hydroxyl groups is 2. The van der Waals surface area contributed by atoms with E-state index in [1.54, 1.807) is 53.2 Å². The second-order valence-corrected chi connectivity index (χ2v) is 17.0. The van der Waals surface area contributed by atoms with Crippen LogP contribution in [0.5, 0.6) is 0 Å². The Hall–Kier alpha value is -3.90. The number of rotatable bonds is 7. The van der Waals surface area contributed by atoms with Gasteiger partial charge in [0.2, 0.25) is 14.3 Å². The highest BCUT2D eigenvalue weighted by Crippen LogP contribution is 2.61. The van der Waals surface area contributed by atoms with Crippen molar-refractivity contribution in [3.8, 4) is 0 Å². The van der Waals surface area contributed by atoms with E-state index in [-0.39, 0.29) is 18.9 Å². The van der Waals surface area contributed by atoms with Gasteiger partial charge in [0.25, 0.3) is 11.8 Å². The van der Waals surface area contributed by atoms with Gasteiger partial charge in [-0.15, -0.1) is 0 Å². The van der Waals surface area contributed by atoms with Gasteiger partial charge in [-0.3, -0.25) is 19.3 Å². The van der Waals surface area contributed by atoms with E-state index in [0.29, 0.717) is 35.6 Å². The molecule has 242 valence electrons. The van der Waals surface area contributed by atoms with Crippen molar-refractivity contribution in [2.45, 2.75) is 75.7 Å². The Labute approximate surface area is 269 Å². The molecule has 9 nitrogen and oxygen atoms in total. The summed E-state index contributed by atoms with van der Waals surface area (Å²) in [6.45, 7) is 6.44. The van der Waals surface area contributed by atoms with Gasteiger partial charge < -0.3 is 29.3 Å². The molecule has 46 heavy (non-hydrogen) atoms. The van der Waals surface area contributed by atoms with E-state index in [1.807, 2.05) is 49.4 Å². The Morgan fingerprint density at radius 3 is 2.41 bits per heavy atom. The molecule has 0 bridgehead atoms. The van der Waals surface area contributed by atoms with Crippen molar-refractivity contribution < 1.29 is 33.4 Å². The number of amides is 3. The van der Waals surface area contributed by atoms with Gasteiger partial charge in [-0.1, -0.05) is 49.4 Å². The molecule has 6 atom stereocenters. The third-order valence-corrected chi connectivity index (χ3v) is 12.2. The third kappa shape index (κ3) is 5.34. The number of fused-ring (bicyclic) bond motifs is 3. The number of ether oxygens (including phenoxy) is 1. The SMILES string of the molecule is C[C@H](O)C(=O)Nc1ccc2c(c1)[C@]1(O[C@@H](CC(=O)N3Cc4ccccc4C[C@H]3CO)[C@H]([Si](C)(C)F)[C@H]1C)C(=O)N2c1ccccc1. The van der Waals surface area contributed by atoms with Crippen LogP contribution in [0.2, 0.25) is 18.6 Å². The average Bonchev–Trinajstić information content (AvgIpc) is 3.46. The largest absolute Gasteiger partial charge is 0.394 e. The van der Waals surface area contributed by atoms with Crippen molar-refractivity contribution in [3.63, 3.8) is 0 Å². The highest BCUT2D eigenvalue weighted by atomic mass is 28.4. The summed E-state index contributed by atoms with van der Waals surface area (Å²) in [5.41, 5.74) is 1.70. The normalized spacial score (nSPS) is 26.2. The lowest BCUT2D eigenvalue weighted by atomic mass is 9.82. The van der Waals surface area contributed by atoms with E-state index in [0.717, 1.165) is 11.1 Å². The zero-order valence-corrected chi connectivity index (χ0v) is 27.4. The molecule has 3 aromatic rings. The number of carbonyl (C=O) groups is 3. The first kappa shape index (κ1) is 32.1. The number of nitrogens with one attached hydrogen (secondary N) is 1. The second kappa shape index (κ2) is 12.0. The van der Waals surface area contributed by atoms with Crippen LogP contribution in [0.4, 0.5) is 21.2 Å². The zero-order chi connectivity index (χ0) is 33.0. The second-order valence-electron chi connectivity index (χ2n) is 13.2. The van der Waals surface area contributed by atoms with Crippen LogP contribution >= 0.6 is 0 Å². The molecule has 3 aromatic carbocycles. The minimum atomic E-state index is -3.57. The lowest BCUT2D eigenvalue weighted by molar-refractivity contribution is -0.150. The Morgan fingerprint density at radius 1 is 1.09 bits per heavy atom. The van der Waals surface area contributed by atoms with Crippen LogP contribution in [-0.2, 0) is 37.7 Å². The van der Waals surface area contributed by atoms with Gasteiger partial charge in [-0.25, -0.2) is 0 Å². The van der Waals surface area contributed by atoms with Gasteiger partial charge in [0.1, 0.15) is 6.10 Å². The van der Waals surface area contributed by atoms with E-state index in [2.05, 4.69) is 5.32 Å². The molecule has 6 rings (SSSR count). The van der Waals surface area contributed by atoms with Crippen LogP contribution in [0, 0.1) is 5.92 Å². The smallest absolute Gasteiger partial charge is 0.268 e. The number of carbonyl (C=O) groups excluding carboxylic acids is 3. The standard InChI is InChI=1S/C35H40FN3O6Si/c1-21-32(46(3,4)36)30(18-31(42)38-19-24-11-9-8-10-23(24)16-27(38)20-40)45-35(21)28-17-25(37-33(43)22(2)41)14-15-29(28)39(34(35)44)26-12-6-5-7-13-26/h5-15,17,21-22,27,30,32,40-41H,16,18-20H2,1-4H3,(H,37,43)/t21-,22+,27+,30+,32-,35+/m1/s1. The van der Waals surface area contributed by atoms with Gasteiger partial charge in [0, 0.05) is 34.9 Å². The predicted octanol–water partition coefficient (Wildman–Crippen LogP) is 4.80. The molecule has 11 heteroatoms. The Balaban J connectivity index is 1.41. The summed E-state index contributed by atoms with van der Waals surface area (Å²) >= 11 is 0. The average molecular weight is 646 g/mol. The van der Waals surface area contributed by atoms with E-state index in [9.17, 15) is 24.6 Å².